The fourth-order valence-corrected chi connectivity index (χ4v) is 3.33. The number of likely N-dealkylation sites (N-methyl/N-ethyl adjacent to an activating group) is 1. The van der Waals surface area contributed by atoms with E-state index in [0.29, 0.717) is 0 Å². The predicted molar refractivity (Wildman–Crippen MR) is 74.8 cm³/mol. The van der Waals surface area contributed by atoms with Crippen molar-refractivity contribution in [1.82, 2.24) is 15.1 Å². The van der Waals surface area contributed by atoms with E-state index in [2.05, 4.69) is 22.0 Å². The van der Waals surface area contributed by atoms with E-state index >= 15 is 0 Å². The molecule has 0 aromatic rings. The third-order valence-corrected chi connectivity index (χ3v) is 4.37. The molecule has 1 saturated carbocycles. The average molecular weight is 255 g/mol. The number of rotatable bonds is 6. The normalized spacial score (nSPS) is 24.8. The molecule has 0 radical (unpaired) electrons. The molecular weight excluding hydrogens is 226 g/mol. The van der Waals surface area contributed by atoms with Gasteiger partial charge in [-0.2, -0.15) is 0 Å². The summed E-state index contributed by atoms with van der Waals surface area (Å²) in [4.78, 5) is 4.86. The number of nitrogens with one attached hydrogen (secondary N) is 1. The number of aliphatic hydroxyl groups excluding tert-OH is 1. The summed E-state index contributed by atoms with van der Waals surface area (Å²) in [5, 5.41) is 13.6. The van der Waals surface area contributed by atoms with E-state index in [1.54, 1.807) is 0 Å². The lowest BCUT2D eigenvalue weighted by Crippen LogP contribution is -2.49. The molecule has 1 atom stereocenters. The van der Waals surface area contributed by atoms with Gasteiger partial charge in [-0.3, -0.25) is 9.80 Å². The minimum absolute atomic E-state index is 0.191. The Labute approximate surface area is 111 Å². The van der Waals surface area contributed by atoms with Crippen LogP contribution in [0.1, 0.15) is 32.6 Å². The Morgan fingerprint density at radius 1 is 1.28 bits per heavy atom. The van der Waals surface area contributed by atoms with Gasteiger partial charge in [0, 0.05) is 45.3 Å². The Balaban J connectivity index is 1.72. The maximum Gasteiger partial charge on any atom is 0.0793 e. The molecule has 2 N–H and O–H groups in total. The molecule has 1 heterocycles. The zero-order valence-corrected chi connectivity index (χ0v) is 11.8. The second-order valence-electron chi connectivity index (χ2n) is 5.73. The first-order valence-corrected chi connectivity index (χ1v) is 7.64. The van der Waals surface area contributed by atoms with Gasteiger partial charge in [-0.15, -0.1) is 0 Å². The van der Waals surface area contributed by atoms with Gasteiger partial charge in [-0.05, 0) is 19.4 Å². The fourth-order valence-electron chi connectivity index (χ4n) is 3.33. The van der Waals surface area contributed by atoms with E-state index in [-0.39, 0.29) is 6.10 Å². The van der Waals surface area contributed by atoms with Gasteiger partial charge >= 0.3 is 0 Å². The van der Waals surface area contributed by atoms with Crippen molar-refractivity contribution in [2.75, 3.05) is 45.8 Å². The minimum Gasteiger partial charge on any atom is -0.390 e. The molecule has 1 saturated heterocycles. The van der Waals surface area contributed by atoms with Crippen LogP contribution in [0, 0.1) is 0 Å². The van der Waals surface area contributed by atoms with Gasteiger partial charge in [0.05, 0.1) is 6.10 Å². The summed E-state index contributed by atoms with van der Waals surface area (Å²) in [5.41, 5.74) is 0. The van der Waals surface area contributed by atoms with Gasteiger partial charge in [0.25, 0.3) is 0 Å². The molecule has 0 aromatic heterocycles. The average Bonchev–Trinajstić information content (AvgIpc) is 2.91. The van der Waals surface area contributed by atoms with Gasteiger partial charge in [-0.1, -0.05) is 19.8 Å². The molecule has 4 heteroatoms. The highest BCUT2D eigenvalue weighted by Crippen LogP contribution is 2.23. The van der Waals surface area contributed by atoms with Gasteiger partial charge in [0.1, 0.15) is 0 Å². The lowest BCUT2D eigenvalue weighted by molar-refractivity contribution is 0.0568. The van der Waals surface area contributed by atoms with Crippen molar-refractivity contribution in [1.29, 1.82) is 0 Å². The second kappa shape index (κ2) is 7.43. The van der Waals surface area contributed by atoms with Gasteiger partial charge in [0.15, 0.2) is 0 Å². The second-order valence-corrected chi connectivity index (χ2v) is 5.73. The molecule has 18 heavy (non-hydrogen) atoms. The van der Waals surface area contributed by atoms with Crippen molar-refractivity contribution < 1.29 is 5.11 Å². The molecule has 106 valence electrons. The molecule has 1 aliphatic carbocycles. The van der Waals surface area contributed by atoms with Crippen LogP contribution < -0.4 is 5.32 Å². The highest BCUT2D eigenvalue weighted by molar-refractivity contribution is 4.80. The van der Waals surface area contributed by atoms with E-state index in [1.165, 1.54) is 25.7 Å². The number of hydrogen-bond donors (Lipinski definition) is 2. The van der Waals surface area contributed by atoms with Gasteiger partial charge in [0.2, 0.25) is 0 Å². The molecule has 4 nitrogen and oxygen atoms in total. The van der Waals surface area contributed by atoms with E-state index in [9.17, 15) is 5.11 Å². The van der Waals surface area contributed by atoms with Crippen LogP contribution in [0.25, 0.3) is 0 Å². The first kappa shape index (κ1) is 14.3. The van der Waals surface area contributed by atoms with Crippen LogP contribution in [0.4, 0.5) is 0 Å². The SMILES string of the molecule is CCN(CC(O)CN1CCNCC1)C1CCCC1. The van der Waals surface area contributed by atoms with Crippen LogP contribution in [-0.4, -0.2) is 72.9 Å². The third kappa shape index (κ3) is 4.19. The lowest BCUT2D eigenvalue weighted by atomic mass is 10.2. The van der Waals surface area contributed by atoms with Gasteiger partial charge < -0.3 is 10.4 Å². The molecular formula is C14H29N3O. The van der Waals surface area contributed by atoms with Crippen LogP contribution in [0.3, 0.4) is 0 Å². The van der Waals surface area contributed by atoms with Crippen LogP contribution in [0.5, 0.6) is 0 Å². The number of β-amino-alcohol motifs (C(OH)–C–C–N with tert-alkyl or cyclic N) is 1. The summed E-state index contributed by atoms with van der Waals surface area (Å²) in [6.07, 6.45) is 5.20. The van der Waals surface area contributed by atoms with Crippen LogP contribution in [0.15, 0.2) is 0 Å². The maximum absolute atomic E-state index is 10.3. The summed E-state index contributed by atoms with van der Waals surface area (Å²) < 4.78 is 0. The van der Waals surface area contributed by atoms with Crippen molar-refractivity contribution >= 4 is 0 Å². The number of piperazine rings is 1. The summed E-state index contributed by atoms with van der Waals surface area (Å²) in [6.45, 7) is 9.26. The standard InChI is InChI=1S/C14H29N3O/c1-2-17(13-5-3-4-6-13)12-14(18)11-16-9-7-15-8-10-16/h13-15,18H,2-12H2,1H3. The van der Waals surface area contributed by atoms with Crippen molar-refractivity contribution in [2.45, 2.75) is 44.8 Å². The summed E-state index contributed by atoms with van der Waals surface area (Å²) in [5.74, 6) is 0. The maximum atomic E-state index is 10.3. The largest absolute Gasteiger partial charge is 0.390 e. The predicted octanol–water partition coefficient (Wildman–Crippen LogP) is 0.517. The molecule has 2 rings (SSSR count). The lowest BCUT2D eigenvalue weighted by Gasteiger charge is -2.33. The van der Waals surface area contributed by atoms with Crippen LogP contribution in [0.2, 0.25) is 0 Å². The number of hydrogen-bond acceptors (Lipinski definition) is 4. The molecule has 1 unspecified atom stereocenters. The Bertz CT molecular complexity index is 225. The topological polar surface area (TPSA) is 38.7 Å². The highest BCUT2D eigenvalue weighted by Gasteiger charge is 2.24. The molecule has 2 fully saturated rings. The Kier molecular flexibility index (Phi) is 5.89. The van der Waals surface area contributed by atoms with E-state index in [4.69, 9.17) is 0 Å². The van der Waals surface area contributed by atoms with Crippen LogP contribution >= 0.6 is 0 Å². The van der Waals surface area contributed by atoms with Crippen molar-refractivity contribution in [3.05, 3.63) is 0 Å². The van der Waals surface area contributed by atoms with Gasteiger partial charge in [-0.25, -0.2) is 0 Å². The van der Waals surface area contributed by atoms with E-state index in [1.807, 2.05) is 0 Å². The third-order valence-electron chi connectivity index (χ3n) is 4.37. The first-order chi connectivity index (χ1) is 8.79. The number of nitrogens with zero attached hydrogens (tertiary/aromatic N) is 2. The fraction of sp³-hybridized carbons (Fsp3) is 1.00. The Hall–Kier alpha value is -0.160. The zero-order valence-electron chi connectivity index (χ0n) is 11.8. The summed E-state index contributed by atoms with van der Waals surface area (Å²) in [6, 6.07) is 0.729. The Morgan fingerprint density at radius 3 is 2.56 bits per heavy atom. The number of aliphatic hydroxyl groups is 1. The van der Waals surface area contributed by atoms with Crippen LogP contribution in [-0.2, 0) is 0 Å². The Morgan fingerprint density at radius 2 is 1.94 bits per heavy atom. The zero-order chi connectivity index (χ0) is 12.8. The monoisotopic (exact) mass is 255 g/mol. The molecule has 0 aromatic carbocycles. The molecule has 0 amide bonds. The quantitative estimate of drug-likeness (QED) is 0.726. The first-order valence-electron chi connectivity index (χ1n) is 7.64. The molecule has 0 spiro atoms. The minimum atomic E-state index is -0.191. The molecule has 0 bridgehead atoms. The van der Waals surface area contributed by atoms with Crippen molar-refractivity contribution in [2.24, 2.45) is 0 Å². The highest BCUT2D eigenvalue weighted by atomic mass is 16.3. The smallest absolute Gasteiger partial charge is 0.0793 e. The van der Waals surface area contributed by atoms with Crippen molar-refractivity contribution in [3.8, 4) is 0 Å². The van der Waals surface area contributed by atoms with Crippen molar-refractivity contribution in [3.63, 3.8) is 0 Å². The molecule has 1 aliphatic heterocycles. The summed E-state index contributed by atoms with van der Waals surface area (Å²) in [7, 11) is 0. The van der Waals surface area contributed by atoms with E-state index in [0.717, 1.165) is 51.9 Å². The summed E-state index contributed by atoms with van der Waals surface area (Å²) >= 11 is 0. The molecule has 2 aliphatic rings. The van der Waals surface area contributed by atoms with E-state index < -0.39 is 0 Å².